The number of alkyl halides is 1. The first-order valence-electron chi connectivity index (χ1n) is 4.49. The van der Waals surface area contributed by atoms with Crippen LogP contribution in [-0.4, -0.2) is 26.1 Å². The molecule has 0 spiro atoms. The summed E-state index contributed by atoms with van der Waals surface area (Å²) in [6.07, 6.45) is 0.805. The summed E-state index contributed by atoms with van der Waals surface area (Å²) in [4.78, 5) is 0. The highest BCUT2D eigenvalue weighted by molar-refractivity contribution is 7.89. The number of hydrogen-bond acceptors (Lipinski definition) is 2. The lowest BCUT2D eigenvalue weighted by Gasteiger charge is -2.20. The fourth-order valence-electron chi connectivity index (χ4n) is 1.08. The van der Waals surface area contributed by atoms with E-state index in [2.05, 4.69) is 4.72 Å². The smallest absolute Gasteiger partial charge is 0.212 e. The van der Waals surface area contributed by atoms with Gasteiger partial charge in [-0.25, -0.2) is 13.1 Å². The molecule has 0 saturated heterocycles. The van der Waals surface area contributed by atoms with Gasteiger partial charge in [0.05, 0.1) is 5.75 Å². The number of rotatable bonds is 6. The molecule has 1 N–H and O–H groups in total. The van der Waals surface area contributed by atoms with E-state index in [0.717, 1.165) is 6.42 Å². The standard InChI is InChI=1S/C8H18ClNO2S/c1-4-8(7(2)3)10-13(11,12)6-5-9/h7-8,10H,4-6H2,1-3H3. The molecule has 80 valence electrons. The molecule has 1 atom stereocenters. The van der Waals surface area contributed by atoms with Gasteiger partial charge >= 0.3 is 0 Å². The topological polar surface area (TPSA) is 46.2 Å². The second kappa shape index (κ2) is 5.83. The summed E-state index contributed by atoms with van der Waals surface area (Å²) in [7, 11) is -3.17. The van der Waals surface area contributed by atoms with Gasteiger partial charge in [-0.3, -0.25) is 0 Å². The van der Waals surface area contributed by atoms with Gasteiger partial charge in [0.15, 0.2) is 0 Å². The van der Waals surface area contributed by atoms with Gasteiger partial charge in [-0.05, 0) is 12.3 Å². The third kappa shape index (κ3) is 5.49. The van der Waals surface area contributed by atoms with E-state index in [9.17, 15) is 8.42 Å². The van der Waals surface area contributed by atoms with Crippen LogP contribution in [0.3, 0.4) is 0 Å². The molecule has 3 nitrogen and oxygen atoms in total. The maximum atomic E-state index is 11.3. The predicted octanol–water partition coefficient (Wildman–Crippen LogP) is 1.58. The van der Waals surface area contributed by atoms with E-state index in [-0.39, 0.29) is 17.7 Å². The molecule has 0 fully saturated rings. The summed E-state index contributed by atoms with van der Waals surface area (Å²) in [5.41, 5.74) is 0. The molecular weight excluding hydrogens is 210 g/mol. The Labute approximate surface area is 85.9 Å². The zero-order chi connectivity index (χ0) is 10.5. The largest absolute Gasteiger partial charge is 0.213 e. The minimum atomic E-state index is -3.17. The Kier molecular flexibility index (Phi) is 5.92. The molecule has 5 heteroatoms. The third-order valence-electron chi connectivity index (χ3n) is 1.92. The minimum Gasteiger partial charge on any atom is -0.212 e. The summed E-state index contributed by atoms with van der Waals surface area (Å²) in [5, 5.41) is 0. The second-order valence-corrected chi connectivity index (χ2v) is 5.64. The van der Waals surface area contributed by atoms with E-state index in [0.29, 0.717) is 5.92 Å². The maximum Gasteiger partial charge on any atom is 0.213 e. The molecule has 0 aliphatic carbocycles. The van der Waals surface area contributed by atoms with E-state index in [4.69, 9.17) is 11.6 Å². The Bertz CT molecular complexity index is 226. The Morgan fingerprint density at radius 3 is 2.23 bits per heavy atom. The molecule has 0 aliphatic rings. The lowest BCUT2D eigenvalue weighted by atomic mass is 10.0. The number of sulfonamides is 1. The summed E-state index contributed by atoms with van der Waals surface area (Å²) in [5.74, 6) is 0.455. The van der Waals surface area contributed by atoms with E-state index in [1.54, 1.807) is 0 Å². The van der Waals surface area contributed by atoms with Crippen molar-refractivity contribution in [1.29, 1.82) is 0 Å². The molecule has 0 aromatic carbocycles. The first-order chi connectivity index (χ1) is 5.93. The molecule has 0 aromatic heterocycles. The van der Waals surface area contributed by atoms with Crippen molar-refractivity contribution in [3.63, 3.8) is 0 Å². The van der Waals surface area contributed by atoms with Crippen LogP contribution in [0.4, 0.5) is 0 Å². The fraction of sp³-hybridized carbons (Fsp3) is 1.00. The zero-order valence-corrected chi connectivity index (χ0v) is 9.95. The van der Waals surface area contributed by atoms with Crippen LogP contribution in [0.1, 0.15) is 27.2 Å². The number of halogens is 1. The van der Waals surface area contributed by atoms with Crippen LogP contribution in [-0.2, 0) is 10.0 Å². The molecule has 0 bridgehead atoms. The van der Waals surface area contributed by atoms with E-state index in [1.807, 2.05) is 20.8 Å². The summed E-state index contributed by atoms with van der Waals surface area (Å²) in [6.45, 7) is 5.96. The lowest BCUT2D eigenvalue weighted by Crippen LogP contribution is -2.39. The van der Waals surface area contributed by atoms with Crippen molar-refractivity contribution in [2.45, 2.75) is 33.2 Å². The fourth-order valence-corrected chi connectivity index (χ4v) is 2.91. The first-order valence-corrected chi connectivity index (χ1v) is 6.67. The third-order valence-corrected chi connectivity index (χ3v) is 3.74. The van der Waals surface area contributed by atoms with Gasteiger partial charge in [-0.1, -0.05) is 20.8 Å². The van der Waals surface area contributed by atoms with Crippen molar-refractivity contribution in [1.82, 2.24) is 4.72 Å². The summed E-state index contributed by atoms with van der Waals surface area (Å²) >= 11 is 5.37. The number of hydrogen-bond donors (Lipinski definition) is 1. The molecule has 0 saturated carbocycles. The second-order valence-electron chi connectivity index (χ2n) is 3.38. The van der Waals surface area contributed by atoms with Crippen LogP contribution < -0.4 is 4.72 Å². The molecule has 1 unspecified atom stereocenters. The zero-order valence-electron chi connectivity index (χ0n) is 8.38. The van der Waals surface area contributed by atoms with Crippen LogP contribution >= 0.6 is 11.6 Å². The molecule has 0 radical (unpaired) electrons. The maximum absolute atomic E-state index is 11.3. The van der Waals surface area contributed by atoms with Gasteiger partial charge in [0.1, 0.15) is 0 Å². The highest BCUT2D eigenvalue weighted by Gasteiger charge is 2.18. The molecule has 13 heavy (non-hydrogen) atoms. The van der Waals surface area contributed by atoms with Crippen molar-refractivity contribution in [3.8, 4) is 0 Å². The van der Waals surface area contributed by atoms with Crippen molar-refractivity contribution < 1.29 is 8.42 Å². The Balaban J connectivity index is 4.23. The van der Waals surface area contributed by atoms with E-state index < -0.39 is 10.0 Å². The molecular formula is C8H18ClNO2S. The van der Waals surface area contributed by atoms with Crippen LogP contribution in [0, 0.1) is 5.92 Å². The average Bonchev–Trinajstić information content (AvgIpc) is 1.99. The average molecular weight is 228 g/mol. The van der Waals surface area contributed by atoms with Gasteiger partial charge in [0.2, 0.25) is 10.0 Å². The lowest BCUT2D eigenvalue weighted by molar-refractivity contribution is 0.437. The van der Waals surface area contributed by atoms with Crippen LogP contribution in [0.25, 0.3) is 0 Å². The molecule has 0 aliphatic heterocycles. The quantitative estimate of drug-likeness (QED) is 0.701. The van der Waals surface area contributed by atoms with Gasteiger partial charge < -0.3 is 0 Å². The Morgan fingerprint density at radius 1 is 1.38 bits per heavy atom. The van der Waals surface area contributed by atoms with Crippen molar-refractivity contribution >= 4 is 21.6 Å². The molecule has 0 rings (SSSR count). The summed E-state index contributed by atoms with van der Waals surface area (Å²) in [6, 6.07) is 0.0215. The van der Waals surface area contributed by atoms with Gasteiger partial charge in [0, 0.05) is 11.9 Å². The highest BCUT2D eigenvalue weighted by atomic mass is 35.5. The number of nitrogens with one attached hydrogen (secondary N) is 1. The van der Waals surface area contributed by atoms with E-state index >= 15 is 0 Å². The van der Waals surface area contributed by atoms with Crippen LogP contribution in [0.5, 0.6) is 0 Å². The van der Waals surface area contributed by atoms with Crippen LogP contribution in [0.15, 0.2) is 0 Å². The normalized spacial score (nSPS) is 14.8. The first kappa shape index (κ1) is 13.2. The van der Waals surface area contributed by atoms with Crippen molar-refractivity contribution in [2.24, 2.45) is 5.92 Å². The van der Waals surface area contributed by atoms with Gasteiger partial charge in [0.25, 0.3) is 0 Å². The monoisotopic (exact) mass is 227 g/mol. The minimum absolute atomic E-state index is 0.00221. The predicted molar refractivity (Wildman–Crippen MR) is 56.6 cm³/mol. The van der Waals surface area contributed by atoms with Gasteiger partial charge in [-0.2, -0.15) is 0 Å². The molecule has 0 aromatic rings. The van der Waals surface area contributed by atoms with Crippen LogP contribution in [0.2, 0.25) is 0 Å². The molecule has 0 amide bonds. The highest BCUT2D eigenvalue weighted by Crippen LogP contribution is 2.07. The van der Waals surface area contributed by atoms with Gasteiger partial charge in [-0.15, -0.1) is 11.6 Å². The van der Waals surface area contributed by atoms with Crippen molar-refractivity contribution in [2.75, 3.05) is 11.6 Å². The molecule has 0 heterocycles. The van der Waals surface area contributed by atoms with Crippen molar-refractivity contribution in [3.05, 3.63) is 0 Å². The van der Waals surface area contributed by atoms with E-state index in [1.165, 1.54) is 0 Å². The summed E-state index contributed by atoms with van der Waals surface area (Å²) < 4.78 is 25.2. The SMILES string of the molecule is CCC(NS(=O)(=O)CCCl)C(C)C. The Hall–Kier alpha value is 0.200. The Morgan fingerprint density at radius 2 is 1.92 bits per heavy atom.